The van der Waals surface area contributed by atoms with Crippen LogP contribution in [-0.2, 0) is 0 Å². The van der Waals surface area contributed by atoms with Gasteiger partial charge in [0.05, 0.1) is 19.9 Å². The summed E-state index contributed by atoms with van der Waals surface area (Å²) in [4.78, 5) is 29.3. The summed E-state index contributed by atoms with van der Waals surface area (Å²) in [5.41, 5.74) is 0.153. The van der Waals surface area contributed by atoms with Gasteiger partial charge in [0.1, 0.15) is 23.3 Å². The van der Waals surface area contributed by atoms with Crippen LogP contribution in [0.1, 0.15) is 26.6 Å². The van der Waals surface area contributed by atoms with Crippen LogP contribution in [0, 0.1) is 16.7 Å². The van der Waals surface area contributed by atoms with Gasteiger partial charge in [-0.05, 0) is 50.1 Å². The third-order valence-corrected chi connectivity index (χ3v) is 6.12. The molecule has 0 aliphatic carbocycles. The number of fused-ring (bicyclic) bond motifs is 3. The van der Waals surface area contributed by atoms with Crippen LogP contribution in [0.15, 0.2) is 59.9 Å². The van der Waals surface area contributed by atoms with Gasteiger partial charge in [-0.1, -0.05) is 32.9 Å². The number of benzene rings is 1. The molecule has 0 atom stereocenters. The van der Waals surface area contributed by atoms with Crippen molar-refractivity contribution in [3.63, 3.8) is 0 Å². The van der Waals surface area contributed by atoms with Gasteiger partial charge in [0, 0.05) is 5.41 Å². The van der Waals surface area contributed by atoms with Crippen LogP contribution in [0.4, 0.5) is 0 Å². The van der Waals surface area contributed by atoms with Crippen LogP contribution < -0.4 is 5.56 Å². The normalized spacial score (nSPS) is 17.9. The molecule has 4 heterocycles. The van der Waals surface area contributed by atoms with Crippen molar-refractivity contribution < 1.29 is 0 Å². The molecule has 0 N–H and O–H groups in total. The minimum Gasteiger partial charge on any atom is -0.268 e. The maximum absolute atomic E-state index is 13.5. The number of rotatable bonds is 0. The SMILES string of the molecule is CC(C)(C)C1=NC2=C(C#N)c3nc4ccccc4c(=O)n3C3=C(Br)C=C(Br)C(=N1)N23. The highest BCUT2D eigenvalue weighted by Crippen LogP contribution is 2.43. The Morgan fingerprint density at radius 3 is 2.57 bits per heavy atom. The van der Waals surface area contributed by atoms with E-state index in [4.69, 9.17) is 9.98 Å². The molecule has 0 spiro atoms. The number of halogens is 2. The number of hydrogen-bond donors (Lipinski definition) is 0. The van der Waals surface area contributed by atoms with Gasteiger partial charge in [-0.3, -0.25) is 9.69 Å². The molecule has 0 radical (unpaired) electrons. The number of para-hydroxylation sites is 1. The Bertz CT molecular complexity index is 1430. The minimum atomic E-state index is -0.341. The van der Waals surface area contributed by atoms with E-state index in [1.54, 1.807) is 23.1 Å². The number of nitriles is 1. The predicted octanol–water partition coefficient (Wildman–Crippen LogP) is 4.57. The lowest BCUT2D eigenvalue weighted by Crippen LogP contribution is -2.45. The highest BCUT2D eigenvalue weighted by molar-refractivity contribution is 9.12. The van der Waals surface area contributed by atoms with Crippen LogP contribution >= 0.6 is 31.9 Å². The van der Waals surface area contributed by atoms with Gasteiger partial charge in [0.25, 0.3) is 5.56 Å². The van der Waals surface area contributed by atoms with Gasteiger partial charge in [0.15, 0.2) is 17.5 Å². The molecule has 3 aliphatic rings. The van der Waals surface area contributed by atoms with Crippen LogP contribution in [0.3, 0.4) is 0 Å². The van der Waals surface area contributed by atoms with Crippen molar-refractivity contribution in [2.24, 2.45) is 15.4 Å². The van der Waals surface area contributed by atoms with E-state index in [0.29, 0.717) is 38.7 Å². The van der Waals surface area contributed by atoms with Gasteiger partial charge in [0.2, 0.25) is 0 Å². The molecule has 30 heavy (non-hydrogen) atoms. The van der Waals surface area contributed by atoms with Crippen molar-refractivity contribution in [2.45, 2.75) is 20.8 Å². The zero-order valence-electron chi connectivity index (χ0n) is 16.2. The molecular formula is C21H14Br2N6O. The smallest absolute Gasteiger partial charge is 0.267 e. The van der Waals surface area contributed by atoms with Crippen LogP contribution in [0.5, 0.6) is 0 Å². The van der Waals surface area contributed by atoms with Crippen LogP contribution in [-0.4, -0.2) is 26.1 Å². The number of allylic oxidation sites excluding steroid dienone is 3. The van der Waals surface area contributed by atoms with Crippen molar-refractivity contribution >= 4 is 65.8 Å². The van der Waals surface area contributed by atoms with E-state index in [1.165, 1.54) is 4.57 Å². The second kappa shape index (κ2) is 6.33. The molecule has 0 saturated heterocycles. The fraction of sp³-hybridized carbons (Fsp3) is 0.190. The van der Waals surface area contributed by atoms with E-state index in [1.807, 2.05) is 32.9 Å². The van der Waals surface area contributed by atoms with Gasteiger partial charge >= 0.3 is 0 Å². The van der Waals surface area contributed by atoms with E-state index >= 15 is 0 Å². The third kappa shape index (κ3) is 2.53. The molecule has 0 amide bonds. The van der Waals surface area contributed by atoms with E-state index < -0.39 is 0 Å². The average molecular weight is 526 g/mol. The highest BCUT2D eigenvalue weighted by Gasteiger charge is 2.42. The van der Waals surface area contributed by atoms with Gasteiger partial charge in [-0.2, -0.15) is 5.26 Å². The van der Waals surface area contributed by atoms with Crippen molar-refractivity contribution in [3.8, 4) is 6.07 Å². The molecular weight excluding hydrogens is 512 g/mol. The topological polar surface area (TPSA) is 86.6 Å². The first kappa shape index (κ1) is 19.2. The standard InChI is InChI=1S/C21H14Br2N6O/c1-21(2,3)20-26-16-11(9-24)15-25-14-7-5-4-6-10(14)19(30)29(15)18-13(23)8-12(22)17(27-20)28(16)18/h4-8H,1-3H3. The molecule has 9 heteroatoms. The molecule has 1 aromatic heterocycles. The third-order valence-electron chi connectivity index (χ3n) is 4.96. The second-order valence-electron chi connectivity index (χ2n) is 8.02. The molecule has 0 unspecified atom stereocenters. The Hall–Kier alpha value is -2.83. The molecule has 0 saturated carbocycles. The van der Waals surface area contributed by atoms with E-state index in [2.05, 4.69) is 42.9 Å². The highest BCUT2D eigenvalue weighted by atomic mass is 79.9. The van der Waals surface area contributed by atoms with E-state index in [9.17, 15) is 10.1 Å². The summed E-state index contributed by atoms with van der Waals surface area (Å²) in [6, 6.07) is 9.33. The summed E-state index contributed by atoms with van der Waals surface area (Å²) in [7, 11) is 0. The number of hydrogen-bond acceptors (Lipinski definition) is 6. The molecule has 5 rings (SSSR count). The zero-order valence-corrected chi connectivity index (χ0v) is 19.4. The Morgan fingerprint density at radius 1 is 1.13 bits per heavy atom. The molecule has 148 valence electrons. The Morgan fingerprint density at radius 2 is 1.87 bits per heavy atom. The van der Waals surface area contributed by atoms with Crippen molar-refractivity contribution in [3.05, 3.63) is 61.3 Å². The maximum atomic E-state index is 13.5. The molecule has 0 fully saturated rings. The quantitative estimate of drug-likeness (QED) is 0.504. The molecule has 0 bridgehead atoms. The lowest BCUT2D eigenvalue weighted by molar-refractivity contribution is 0.561. The first-order chi connectivity index (χ1) is 14.2. The largest absolute Gasteiger partial charge is 0.268 e. The van der Waals surface area contributed by atoms with Crippen molar-refractivity contribution in [1.29, 1.82) is 5.26 Å². The number of nitrogens with zero attached hydrogens (tertiary/aromatic N) is 6. The Balaban J connectivity index is 1.99. The Kier molecular flexibility index (Phi) is 4.04. The fourth-order valence-corrected chi connectivity index (χ4v) is 4.93. The van der Waals surface area contributed by atoms with Crippen molar-refractivity contribution in [1.82, 2.24) is 14.5 Å². The Labute approximate surface area is 188 Å². The summed E-state index contributed by atoms with van der Waals surface area (Å²) < 4.78 is 2.82. The summed E-state index contributed by atoms with van der Waals surface area (Å²) >= 11 is 7.15. The fourth-order valence-electron chi connectivity index (χ4n) is 3.54. The molecule has 1 aromatic carbocycles. The van der Waals surface area contributed by atoms with Crippen molar-refractivity contribution in [2.75, 3.05) is 0 Å². The summed E-state index contributed by atoms with van der Waals surface area (Å²) in [5, 5.41) is 10.5. The summed E-state index contributed by atoms with van der Waals surface area (Å²) in [5.74, 6) is 2.36. The zero-order chi connectivity index (χ0) is 21.4. The van der Waals surface area contributed by atoms with E-state index in [-0.39, 0.29) is 22.4 Å². The number of aromatic nitrogens is 2. The van der Waals surface area contributed by atoms with Gasteiger partial charge in [-0.15, -0.1) is 0 Å². The summed E-state index contributed by atoms with van der Waals surface area (Å²) in [6.45, 7) is 6.04. The molecule has 7 nitrogen and oxygen atoms in total. The van der Waals surface area contributed by atoms with Crippen LogP contribution in [0.25, 0.3) is 22.3 Å². The summed E-state index contributed by atoms with van der Waals surface area (Å²) in [6.07, 6.45) is 1.84. The average Bonchev–Trinajstić information content (AvgIpc) is 2.70. The maximum Gasteiger partial charge on any atom is 0.267 e. The lowest BCUT2D eigenvalue weighted by Gasteiger charge is -2.39. The first-order valence-electron chi connectivity index (χ1n) is 9.14. The monoisotopic (exact) mass is 524 g/mol. The number of amidine groups is 2. The van der Waals surface area contributed by atoms with Gasteiger partial charge in [-0.25, -0.2) is 19.5 Å². The number of aliphatic imine (C=N–C) groups is 2. The van der Waals surface area contributed by atoms with Gasteiger partial charge < -0.3 is 0 Å². The second-order valence-corrected chi connectivity index (χ2v) is 9.73. The molecule has 2 aromatic rings. The van der Waals surface area contributed by atoms with E-state index in [0.717, 1.165) is 4.48 Å². The van der Waals surface area contributed by atoms with Crippen LogP contribution in [0.2, 0.25) is 0 Å². The lowest BCUT2D eigenvalue weighted by atomic mass is 9.94. The predicted molar refractivity (Wildman–Crippen MR) is 124 cm³/mol. The first-order valence-corrected chi connectivity index (χ1v) is 10.7. The molecule has 3 aliphatic heterocycles. The minimum absolute atomic E-state index is 0.221.